The Labute approximate surface area is 150 Å². The van der Waals surface area contributed by atoms with Crippen molar-refractivity contribution in [1.29, 1.82) is 0 Å². The Morgan fingerprint density at radius 3 is 2.54 bits per heavy atom. The zero-order valence-electron chi connectivity index (χ0n) is 14.1. The number of benzene rings is 1. The Bertz CT molecular complexity index is 936. The minimum Gasteiger partial charge on any atom is -0.366 e. The van der Waals surface area contributed by atoms with Gasteiger partial charge in [-0.2, -0.15) is 9.82 Å². The van der Waals surface area contributed by atoms with Gasteiger partial charge >= 0.3 is 0 Å². The average molecular weight is 377 g/mol. The Kier molecular flexibility index (Phi) is 4.79. The Morgan fingerprint density at radius 1 is 1.27 bits per heavy atom. The number of rotatable bonds is 5. The van der Waals surface area contributed by atoms with Crippen molar-refractivity contribution >= 4 is 27.7 Å². The lowest BCUT2D eigenvalue weighted by atomic mass is 10.1. The number of nitrogens with two attached hydrogens (primary N) is 1. The highest BCUT2D eigenvalue weighted by atomic mass is 32.2. The first kappa shape index (κ1) is 18.1. The van der Waals surface area contributed by atoms with Crippen LogP contribution in [0.3, 0.4) is 0 Å². The zero-order chi connectivity index (χ0) is 18.9. The number of nitrogens with zero attached hydrogens (tertiary/aromatic N) is 3. The number of hydrogen-bond acceptors (Lipinski definition) is 5. The molecule has 9 nitrogen and oxygen atoms in total. The van der Waals surface area contributed by atoms with E-state index in [-0.39, 0.29) is 16.4 Å². The third-order valence-electron chi connectivity index (χ3n) is 4.26. The molecule has 3 rings (SSSR count). The predicted octanol–water partition coefficient (Wildman–Crippen LogP) is -0.00710. The number of carbonyl (C=O) groups excluding carboxylic acids is 2. The van der Waals surface area contributed by atoms with Gasteiger partial charge in [-0.15, -0.1) is 0 Å². The van der Waals surface area contributed by atoms with Gasteiger partial charge < -0.3 is 5.73 Å². The van der Waals surface area contributed by atoms with Crippen molar-refractivity contribution < 1.29 is 18.0 Å². The van der Waals surface area contributed by atoms with Crippen LogP contribution in [0.5, 0.6) is 0 Å². The maximum Gasteiger partial charge on any atom is 0.248 e. The molecule has 0 bridgehead atoms. The topological polar surface area (TPSA) is 127 Å². The minimum absolute atomic E-state index is 0.0343. The van der Waals surface area contributed by atoms with E-state index >= 15 is 0 Å². The van der Waals surface area contributed by atoms with Gasteiger partial charge in [0.2, 0.25) is 21.8 Å². The van der Waals surface area contributed by atoms with Crippen molar-refractivity contribution in [2.24, 2.45) is 12.8 Å². The molecule has 3 N–H and O–H groups in total. The molecule has 0 unspecified atom stereocenters. The van der Waals surface area contributed by atoms with Crippen molar-refractivity contribution in [3.8, 4) is 0 Å². The molecule has 1 saturated heterocycles. The lowest BCUT2D eigenvalue weighted by molar-refractivity contribution is -0.121. The maximum absolute atomic E-state index is 12.7. The summed E-state index contributed by atoms with van der Waals surface area (Å²) in [4.78, 5) is 25.3. The molecule has 0 radical (unpaired) electrons. The zero-order valence-corrected chi connectivity index (χ0v) is 14.9. The number of hydrogen-bond donors (Lipinski definition) is 2. The molecular formula is C16H19N5O4S. The number of nitrogens with one attached hydrogen (secondary N) is 1. The molecule has 26 heavy (non-hydrogen) atoms. The minimum atomic E-state index is -3.91. The summed E-state index contributed by atoms with van der Waals surface area (Å²) in [5.41, 5.74) is 5.36. The molecule has 2 aromatic rings. The smallest absolute Gasteiger partial charge is 0.248 e. The molecule has 138 valence electrons. The normalized spacial score (nSPS) is 18.1. The van der Waals surface area contributed by atoms with E-state index < -0.39 is 22.0 Å². The molecular weight excluding hydrogens is 358 g/mol. The molecule has 0 spiro atoms. The van der Waals surface area contributed by atoms with Gasteiger partial charge in [-0.1, -0.05) is 0 Å². The van der Waals surface area contributed by atoms with E-state index in [1.54, 1.807) is 24.0 Å². The van der Waals surface area contributed by atoms with Crippen molar-refractivity contribution in [3.05, 3.63) is 42.1 Å². The quantitative estimate of drug-likeness (QED) is 0.758. The lowest BCUT2D eigenvalue weighted by Gasteiger charge is -2.32. The third kappa shape index (κ3) is 3.46. The van der Waals surface area contributed by atoms with Gasteiger partial charge in [-0.3, -0.25) is 19.2 Å². The van der Waals surface area contributed by atoms with Crippen LogP contribution in [-0.4, -0.2) is 42.6 Å². The van der Waals surface area contributed by atoms with Crippen LogP contribution in [0, 0.1) is 0 Å². The predicted molar refractivity (Wildman–Crippen MR) is 93.9 cm³/mol. The number of aromatic nitrogens is 2. The van der Waals surface area contributed by atoms with E-state index in [0.717, 1.165) is 0 Å². The van der Waals surface area contributed by atoms with Gasteiger partial charge in [-0.25, -0.2) is 8.42 Å². The van der Waals surface area contributed by atoms with Crippen molar-refractivity contribution in [2.75, 3.05) is 11.4 Å². The van der Waals surface area contributed by atoms with E-state index in [1.165, 1.54) is 29.2 Å². The lowest BCUT2D eigenvalue weighted by Crippen LogP contribution is -2.52. The number of sulfonamides is 1. The van der Waals surface area contributed by atoms with E-state index in [9.17, 15) is 18.0 Å². The second kappa shape index (κ2) is 6.89. The van der Waals surface area contributed by atoms with Crippen LogP contribution in [0.2, 0.25) is 0 Å². The Morgan fingerprint density at radius 2 is 1.96 bits per heavy atom. The average Bonchev–Trinajstić information content (AvgIpc) is 3.02. The fraction of sp³-hybridized carbons (Fsp3) is 0.312. The summed E-state index contributed by atoms with van der Waals surface area (Å²) in [6, 6.07) is 6.09. The van der Waals surface area contributed by atoms with Gasteiger partial charge in [0, 0.05) is 25.2 Å². The van der Waals surface area contributed by atoms with Crippen LogP contribution < -0.4 is 15.4 Å². The van der Waals surface area contributed by atoms with Crippen LogP contribution in [-0.2, 0) is 21.9 Å². The monoisotopic (exact) mass is 377 g/mol. The van der Waals surface area contributed by atoms with Crippen LogP contribution in [0.4, 0.5) is 5.82 Å². The number of amides is 2. The number of carbonyl (C=O) groups is 2. The van der Waals surface area contributed by atoms with Crippen LogP contribution >= 0.6 is 0 Å². The summed E-state index contributed by atoms with van der Waals surface area (Å²) in [5.74, 6) is -0.349. The highest BCUT2D eigenvalue weighted by Gasteiger charge is 2.34. The molecule has 1 aromatic heterocycles. The number of primary amides is 1. The van der Waals surface area contributed by atoms with E-state index in [1.807, 2.05) is 0 Å². The van der Waals surface area contributed by atoms with Crippen molar-refractivity contribution in [1.82, 2.24) is 14.5 Å². The van der Waals surface area contributed by atoms with Gasteiger partial charge in [0.1, 0.15) is 11.9 Å². The first-order valence-corrected chi connectivity index (χ1v) is 9.49. The molecule has 1 atom stereocenters. The van der Waals surface area contributed by atoms with E-state index in [0.29, 0.717) is 25.2 Å². The Balaban J connectivity index is 1.79. The summed E-state index contributed by atoms with van der Waals surface area (Å²) in [7, 11) is -2.19. The van der Waals surface area contributed by atoms with E-state index in [4.69, 9.17) is 5.73 Å². The SMILES string of the molecule is Cn1nccc1N1CCC[C@@H](NS(=O)(=O)c2ccc(C(N)=O)cc2)C1=O. The molecule has 0 aliphatic carbocycles. The summed E-state index contributed by atoms with van der Waals surface area (Å²) in [5, 5.41) is 4.04. The summed E-state index contributed by atoms with van der Waals surface area (Å²) >= 11 is 0. The fourth-order valence-electron chi connectivity index (χ4n) is 2.90. The van der Waals surface area contributed by atoms with Crippen LogP contribution in [0.25, 0.3) is 0 Å². The summed E-state index contributed by atoms with van der Waals surface area (Å²) < 4.78 is 29.2. The number of aryl methyl sites for hydroxylation is 1. The molecule has 2 amide bonds. The second-order valence-corrected chi connectivity index (χ2v) is 7.72. The van der Waals surface area contributed by atoms with Gasteiger partial charge in [0.25, 0.3) is 0 Å². The van der Waals surface area contributed by atoms with Crippen LogP contribution in [0.15, 0.2) is 41.4 Å². The summed E-state index contributed by atoms with van der Waals surface area (Å²) in [6.07, 6.45) is 2.65. The molecule has 2 heterocycles. The fourth-order valence-corrected chi connectivity index (χ4v) is 4.12. The largest absolute Gasteiger partial charge is 0.366 e. The molecule has 1 fully saturated rings. The molecule has 1 aliphatic rings. The Hall–Kier alpha value is -2.72. The highest BCUT2D eigenvalue weighted by molar-refractivity contribution is 7.89. The van der Waals surface area contributed by atoms with Crippen LogP contribution in [0.1, 0.15) is 23.2 Å². The standard InChI is InChI=1S/C16H19N5O4S/c1-20-14(8-9-18-20)21-10-2-3-13(16(21)23)19-26(24,25)12-6-4-11(5-7-12)15(17)22/h4-9,13,19H,2-3,10H2,1H3,(H2,17,22)/t13-/m1/s1. The van der Waals surface area contributed by atoms with E-state index in [2.05, 4.69) is 9.82 Å². The summed E-state index contributed by atoms with van der Waals surface area (Å²) in [6.45, 7) is 0.504. The first-order valence-electron chi connectivity index (χ1n) is 8.01. The molecule has 1 aromatic carbocycles. The maximum atomic E-state index is 12.7. The molecule has 10 heteroatoms. The van der Waals surface area contributed by atoms with Gasteiger partial charge in [0.15, 0.2) is 0 Å². The first-order chi connectivity index (χ1) is 12.3. The second-order valence-electron chi connectivity index (χ2n) is 6.01. The molecule has 1 aliphatic heterocycles. The highest BCUT2D eigenvalue weighted by Crippen LogP contribution is 2.21. The molecule has 0 saturated carbocycles. The number of piperidine rings is 1. The van der Waals surface area contributed by atoms with Gasteiger partial charge in [-0.05, 0) is 37.1 Å². The number of anilines is 1. The third-order valence-corrected chi connectivity index (χ3v) is 5.74. The van der Waals surface area contributed by atoms with Crippen molar-refractivity contribution in [2.45, 2.75) is 23.8 Å². The van der Waals surface area contributed by atoms with Gasteiger partial charge in [0.05, 0.1) is 11.1 Å². The van der Waals surface area contributed by atoms with Crippen molar-refractivity contribution in [3.63, 3.8) is 0 Å².